The molecule has 3 fully saturated rings. The lowest BCUT2D eigenvalue weighted by Crippen LogP contribution is -2.47. The van der Waals surface area contributed by atoms with E-state index in [4.69, 9.17) is 4.74 Å². The van der Waals surface area contributed by atoms with Crippen LogP contribution in [0.4, 0.5) is 0 Å². The summed E-state index contributed by atoms with van der Waals surface area (Å²) in [6.45, 7) is 4.80. The van der Waals surface area contributed by atoms with Crippen LogP contribution in [0, 0.1) is 11.8 Å². The van der Waals surface area contributed by atoms with Crippen LogP contribution in [-0.4, -0.2) is 34.1 Å². The first kappa shape index (κ1) is 14.1. The van der Waals surface area contributed by atoms with E-state index in [0.29, 0.717) is 12.6 Å². The number of thioether (sulfide) groups is 1. The maximum absolute atomic E-state index is 12.5. The maximum Gasteiger partial charge on any atom is 0.264 e. The van der Waals surface area contributed by atoms with E-state index < -0.39 is 0 Å². The molecule has 0 unspecified atom stereocenters. The summed E-state index contributed by atoms with van der Waals surface area (Å²) in [5.74, 6) is 1.76. The Bertz CT molecular complexity index is 505. The first-order valence-electron chi connectivity index (χ1n) is 8.18. The summed E-state index contributed by atoms with van der Waals surface area (Å²) in [6.07, 6.45) is 6.92. The highest BCUT2D eigenvalue weighted by molar-refractivity contribution is 8.16. The van der Waals surface area contributed by atoms with E-state index in [9.17, 15) is 4.79 Å². The average Bonchev–Trinajstić information content (AvgIpc) is 3.05. The van der Waals surface area contributed by atoms with Crippen molar-refractivity contribution in [1.29, 1.82) is 0 Å². The lowest BCUT2D eigenvalue weighted by Gasteiger charge is -2.40. The molecule has 0 aromatic carbocycles. The number of ether oxygens (including phenoxy) is 1. The zero-order valence-corrected chi connectivity index (χ0v) is 13.7. The van der Waals surface area contributed by atoms with Gasteiger partial charge in [-0.3, -0.25) is 4.79 Å². The largest absolute Gasteiger partial charge is 0.375 e. The van der Waals surface area contributed by atoms with Crippen LogP contribution >= 0.6 is 11.8 Å². The van der Waals surface area contributed by atoms with Crippen LogP contribution in [0.1, 0.15) is 52.4 Å². The molecule has 0 aromatic heterocycles. The molecule has 1 saturated heterocycles. The Hall–Kier alpha value is -0.550. The Balaban J connectivity index is 1.45. The smallest absolute Gasteiger partial charge is 0.264 e. The second-order valence-corrected chi connectivity index (χ2v) is 9.15. The van der Waals surface area contributed by atoms with Crippen molar-refractivity contribution in [2.75, 3.05) is 6.61 Å². The van der Waals surface area contributed by atoms with Crippen LogP contribution in [0.5, 0.6) is 0 Å². The van der Waals surface area contributed by atoms with E-state index in [0.717, 1.165) is 29.8 Å². The molecule has 2 heterocycles. The number of hydrogen-bond donors (Lipinski definition) is 1. The van der Waals surface area contributed by atoms with Crippen molar-refractivity contribution in [1.82, 2.24) is 5.32 Å². The quantitative estimate of drug-likeness (QED) is 0.809. The fraction of sp³-hybridized carbons (Fsp3) is 0.875. The minimum atomic E-state index is -0.373. The van der Waals surface area contributed by atoms with E-state index in [1.807, 2.05) is 0 Å². The molecule has 2 aliphatic carbocycles. The molecule has 2 bridgehead atoms. The van der Waals surface area contributed by atoms with Crippen molar-refractivity contribution >= 4 is 22.8 Å². The number of amidine groups is 1. The zero-order chi connectivity index (χ0) is 14.7. The molecule has 0 aromatic rings. The Morgan fingerprint density at radius 1 is 1.33 bits per heavy atom. The van der Waals surface area contributed by atoms with Crippen molar-refractivity contribution in [2.45, 2.75) is 68.8 Å². The Morgan fingerprint density at radius 3 is 2.86 bits per heavy atom. The van der Waals surface area contributed by atoms with Gasteiger partial charge in [-0.2, -0.15) is 4.99 Å². The summed E-state index contributed by atoms with van der Waals surface area (Å²) in [4.78, 5) is 16.8. The third-order valence-corrected chi connectivity index (χ3v) is 6.96. The summed E-state index contributed by atoms with van der Waals surface area (Å²) in [5, 5.41) is 4.46. The molecule has 4 atom stereocenters. The van der Waals surface area contributed by atoms with Crippen molar-refractivity contribution in [3.05, 3.63) is 0 Å². The van der Waals surface area contributed by atoms with Crippen LogP contribution in [0.2, 0.25) is 0 Å². The molecule has 1 spiro atoms. The summed E-state index contributed by atoms with van der Waals surface area (Å²) in [5.41, 5.74) is -0.224. The predicted molar refractivity (Wildman–Crippen MR) is 84.4 cm³/mol. The number of aliphatic imine (C=N–C) groups is 1. The highest BCUT2D eigenvalue weighted by atomic mass is 32.2. The van der Waals surface area contributed by atoms with Crippen LogP contribution in [0.3, 0.4) is 0 Å². The Labute approximate surface area is 130 Å². The molecular formula is C16H24N2O2S. The fourth-order valence-corrected chi connectivity index (χ4v) is 6.12. The molecule has 2 saturated carbocycles. The number of amides is 1. The summed E-state index contributed by atoms with van der Waals surface area (Å²) in [7, 11) is 0. The second-order valence-electron chi connectivity index (χ2n) is 7.78. The van der Waals surface area contributed by atoms with Crippen molar-refractivity contribution < 1.29 is 9.53 Å². The molecule has 1 amide bonds. The van der Waals surface area contributed by atoms with Crippen LogP contribution in [0.15, 0.2) is 4.99 Å². The van der Waals surface area contributed by atoms with Gasteiger partial charge >= 0.3 is 0 Å². The third kappa shape index (κ3) is 2.42. The van der Waals surface area contributed by atoms with Crippen LogP contribution in [0.25, 0.3) is 0 Å². The minimum absolute atomic E-state index is 0.0505. The summed E-state index contributed by atoms with van der Waals surface area (Å²) >= 11 is 1.67. The van der Waals surface area contributed by atoms with Gasteiger partial charge in [0.2, 0.25) is 0 Å². The first-order chi connectivity index (χ1) is 9.96. The summed E-state index contributed by atoms with van der Waals surface area (Å²) in [6, 6.07) is 0.547. The molecule has 4 aliphatic rings. The molecule has 0 radical (unpaired) electrons. The van der Waals surface area contributed by atoms with Gasteiger partial charge in [-0.05, 0) is 51.4 Å². The van der Waals surface area contributed by atoms with Gasteiger partial charge in [-0.1, -0.05) is 18.2 Å². The van der Waals surface area contributed by atoms with Gasteiger partial charge in [0.15, 0.2) is 5.17 Å². The highest BCUT2D eigenvalue weighted by Gasteiger charge is 2.52. The average molecular weight is 308 g/mol. The number of fused-ring (bicyclic) bond motifs is 2. The van der Waals surface area contributed by atoms with Crippen molar-refractivity contribution in [3.63, 3.8) is 0 Å². The van der Waals surface area contributed by atoms with E-state index >= 15 is 0 Å². The molecule has 2 aliphatic heterocycles. The minimum Gasteiger partial charge on any atom is -0.375 e. The number of nitrogens with zero attached hydrogens (tertiary/aromatic N) is 1. The number of carbonyl (C=O) groups excluding carboxylic acids is 1. The van der Waals surface area contributed by atoms with Gasteiger partial charge in [-0.25, -0.2) is 0 Å². The fourth-order valence-electron chi connectivity index (χ4n) is 4.68. The van der Waals surface area contributed by atoms with Crippen molar-refractivity contribution in [2.24, 2.45) is 16.8 Å². The molecular weight excluding hydrogens is 284 g/mol. The molecule has 116 valence electrons. The molecule has 1 N–H and O–H groups in total. The SMILES string of the molecule is CC1(C)C[C@@]2(CCO1)SC(N[C@H]1C[C@H]3CC[C@H]1C3)=NC2=O. The topological polar surface area (TPSA) is 50.7 Å². The number of nitrogens with one attached hydrogen (secondary N) is 1. The van der Waals surface area contributed by atoms with Crippen LogP contribution in [-0.2, 0) is 9.53 Å². The first-order valence-corrected chi connectivity index (χ1v) is 9.00. The van der Waals surface area contributed by atoms with Gasteiger partial charge in [0, 0.05) is 19.1 Å². The van der Waals surface area contributed by atoms with E-state index in [-0.39, 0.29) is 16.3 Å². The van der Waals surface area contributed by atoms with Gasteiger partial charge in [-0.15, -0.1) is 0 Å². The molecule has 4 rings (SSSR count). The van der Waals surface area contributed by atoms with Gasteiger partial charge in [0.25, 0.3) is 5.91 Å². The number of carbonyl (C=O) groups is 1. The lowest BCUT2D eigenvalue weighted by molar-refractivity contribution is -0.128. The maximum atomic E-state index is 12.5. The van der Waals surface area contributed by atoms with Gasteiger partial charge in [0.1, 0.15) is 4.75 Å². The van der Waals surface area contributed by atoms with Crippen LogP contribution < -0.4 is 5.32 Å². The second kappa shape index (κ2) is 4.72. The molecule has 21 heavy (non-hydrogen) atoms. The van der Waals surface area contributed by atoms with E-state index in [1.54, 1.807) is 11.8 Å². The Morgan fingerprint density at radius 2 is 2.19 bits per heavy atom. The third-order valence-electron chi connectivity index (χ3n) is 5.64. The van der Waals surface area contributed by atoms with Gasteiger partial charge in [0.05, 0.1) is 5.60 Å². The van der Waals surface area contributed by atoms with E-state index in [2.05, 4.69) is 24.2 Å². The normalized spacial score (nSPS) is 44.4. The monoisotopic (exact) mass is 308 g/mol. The Kier molecular flexibility index (Phi) is 3.16. The lowest BCUT2D eigenvalue weighted by atomic mass is 9.87. The number of hydrogen-bond acceptors (Lipinski definition) is 4. The zero-order valence-electron chi connectivity index (χ0n) is 12.9. The summed E-state index contributed by atoms with van der Waals surface area (Å²) < 4.78 is 5.40. The standard InChI is InChI=1S/C16H24N2O2S/c1-15(2)9-16(5-6-20-15)13(19)18-14(21-16)17-12-8-10-3-4-11(12)7-10/h10-12H,3-9H2,1-2H3,(H,17,18,19)/t10-,11-,12-,16+/m0/s1. The number of rotatable bonds is 1. The van der Waals surface area contributed by atoms with E-state index in [1.165, 1.54) is 25.7 Å². The van der Waals surface area contributed by atoms with Gasteiger partial charge < -0.3 is 10.1 Å². The highest BCUT2D eigenvalue weighted by Crippen LogP contribution is 2.48. The molecule has 5 heteroatoms. The van der Waals surface area contributed by atoms with Crippen molar-refractivity contribution in [3.8, 4) is 0 Å². The molecule has 4 nitrogen and oxygen atoms in total. The predicted octanol–water partition coefficient (Wildman–Crippen LogP) is 2.72.